The van der Waals surface area contributed by atoms with Crippen LogP contribution in [0.15, 0.2) is 42.5 Å². The highest BCUT2D eigenvalue weighted by molar-refractivity contribution is 6.42. The normalized spacial score (nSPS) is 11.4. The van der Waals surface area contributed by atoms with Crippen LogP contribution in [0.25, 0.3) is 0 Å². The summed E-state index contributed by atoms with van der Waals surface area (Å²) in [5.41, 5.74) is 2.45. The average molecular weight is 301 g/mol. The fraction of sp³-hybridized carbons (Fsp3) is 0.125. The number of halogens is 2. The van der Waals surface area contributed by atoms with Gasteiger partial charge in [-0.05, 0) is 41.8 Å². The molecule has 2 rings (SSSR count). The molecule has 0 aliphatic carbocycles. The Morgan fingerprint density at radius 2 is 1.65 bits per heavy atom. The third-order valence-electron chi connectivity index (χ3n) is 3.02. The van der Waals surface area contributed by atoms with E-state index >= 15 is 0 Å². The summed E-state index contributed by atoms with van der Waals surface area (Å²) in [5.74, 6) is -0.294. The van der Waals surface area contributed by atoms with Gasteiger partial charge in [0.1, 0.15) is 0 Å². The second-order valence-corrected chi connectivity index (χ2v) is 5.18. The molecule has 98 valence electrons. The van der Waals surface area contributed by atoms with E-state index in [0.29, 0.717) is 22.0 Å². The van der Waals surface area contributed by atoms with Crippen LogP contribution in [0.5, 0.6) is 0 Å². The highest BCUT2D eigenvalue weighted by atomic mass is 35.5. The molecule has 0 spiro atoms. The lowest BCUT2D eigenvalue weighted by molar-refractivity contribution is 0.849. The molecule has 20 heavy (non-hydrogen) atoms. The van der Waals surface area contributed by atoms with E-state index in [9.17, 15) is 5.26 Å². The Hall–Kier alpha value is -2.00. The molecular weight excluding hydrogens is 291 g/mol. The lowest BCUT2D eigenvalue weighted by Crippen LogP contribution is -2.00. The van der Waals surface area contributed by atoms with Crippen LogP contribution in [0, 0.1) is 22.7 Å². The average Bonchev–Trinajstić information content (AvgIpc) is 2.48. The Labute approximate surface area is 127 Å². The third kappa shape index (κ3) is 3.31. The molecule has 2 nitrogen and oxygen atoms in total. The van der Waals surface area contributed by atoms with Crippen molar-refractivity contribution in [2.75, 3.05) is 0 Å². The summed E-state index contributed by atoms with van der Waals surface area (Å²) < 4.78 is 0. The number of hydrogen-bond acceptors (Lipinski definition) is 2. The van der Waals surface area contributed by atoms with E-state index < -0.39 is 0 Å². The largest absolute Gasteiger partial charge is 0.198 e. The first-order valence-electron chi connectivity index (χ1n) is 5.97. The van der Waals surface area contributed by atoms with E-state index in [1.807, 2.05) is 18.2 Å². The molecule has 0 aromatic heterocycles. The van der Waals surface area contributed by atoms with Crippen LogP contribution in [-0.4, -0.2) is 0 Å². The van der Waals surface area contributed by atoms with Gasteiger partial charge in [0, 0.05) is 0 Å². The second-order valence-electron chi connectivity index (χ2n) is 4.37. The SMILES string of the molecule is N#Cc1ccc(CC(C#N)c2ccc(Cl)c(Cl)c2)cc1. The van der Waals surface area contributed by atoms with Crippen LogP contribution in [0.2, 0.25) is 10.0 Å². The zero-order valence-electron chi connectivity index (χ0n) is 10.5. The minimum absolute atomic E-state index is 0.294. The molecule has 0 bridgehead atoms. The minimum Gasteiger partial charge on any atom is -0.198 e. The van der Waals surface area contributed by atoms with E-state index in [1.54, 1.807) is 24.3 Å². The second kappa shape index (κ2) is 6.44. The summed E-state index contributed by atoms with van der Waals surface area (Å²) in [6.07, 6.45) is 0.570. The van der Waals surface area contributed by atoms with Gasteiger partial charge < -0.3 is 0 Å². The molecule has 0 aliphatic heterocycles. The molecule has 2 aromatic carbocycles. The maximum atomic E-state index is 9.32. The molecule has 1 atom stereocenters. The standard InChI is InChI=1S/C16H10Cl2N2/c17-15-6-5-13(8-16(15)18)14(10-20)7-11-1-3-12(9-19)4-2-11/h1-6,8,14H,7H2. The van der Waals surface area contributed by atoms with Gasteiger partial charge >= 0.3 is 0 Å². The van der Waals surface area contributed by atoms with E-state index in [0.717, 1.165) is 11.1 Å². The Balaban J connectivity index is 2.22. The molecule has 0 N–H and O–H groups in total. The van der Waals surface area contributed by atoms with Crippen molar-refractivity contribution in [1.29, 1.82) is 10.5 Å². The van der Waals surface area contributed by atoms with E-state index in [1.165, 1.54) is 0 Å². The summed E-state index contributed by atoms with van der Waals surface area (Å²) in [5, 5.41) is 19.0. The fourth-order valence-corrected chi connectivity index (χ4v) is 2.22. The molecule has 0 heterocycles. The lowest BCUT2D eigenvalue weighted by Gasteiger charge is -2.10. The fourth-order valence-electron chi connectivity index (χ4n) is 1.92. The van der Waals surface area contributed by atoms with Crippen molar-refractivity contribution >= 4 is 23.2 Å². The molecule has 0 amide bonds. The summed E-state index contributed by atoms with van der Waals surface area (Å²) in [6.45, 7) is 0. The molecule has 0 fully saturated rings. The predicted octanol–water partition coefficient (Wildman–Crippen LogP) is 4.71. The van der Waals surface area contributed by atoms with E-state index in [-0.39, 0.29) is 5.92 Å². The zero-order valence-corrected chi connectivity index (χ0v) is 12.0. The van der Waals surface area contributed by atoms with E-state index in [4.69, 9.17) is 28.5 Å². The first-order chi connectivity index (χ1) is 9.63. The van der Waals surface area contributed by atoms with Crippen molar-refractivity contribution in [3.8, 4) is 12.1 Å². The van der Waals surface area contributed by atoms with Gasteiger partial charge in [0.15, 0.2) is 0 Å². The number of hydrogen-bond donors (Lipinski definition) is 0. The molecule has 4 heteroatoms. The van der Waals surface area contributed by atoms with Crippen molar-refractivity contribution in [2.24, 2.45) is 0 Å². The van der Waals surface area contributed by atoms with Crippen molar-refractivity contribution in [1.82, 2.24) is 0 Å². The zero-order chi connectivity index (χ0) is 14.5. The monoisotopic (exact) mass is 300 g/mol. The van der Waals surface area contributed by atoms with E-state index in [2.05, 4.69) is 12.1 Å². The van der Waals surface area contributed by atoms with Gasteiger partial charge in [-0.2, -0.15) is 10.5 Å². The number of nitriles is 2. The predicted molar refractivity (Wildman–Crippen MR) is 79.7 cm³/mol. The van der Waals surface area contributed by atoms with Crippen LogP contribution < -0.4 is 0 Å². The van der Waals surface area contributed by atoms with Gasteiger partial charge in [-0.1, -0.05) is 41.4 Å². The molecular formula is C16H10Cl2N2. The van der Waals surface area contributed by atoms with Crippen LogP contribution >= 0.6 is 23.2 Å². The van der Waals surface area contributed by atoms with Gasteiger partial charge in [0.05, 0.1) is 33.7 Å². The van der Waals surface area contributed by atoms with Crippen LogP contribution in [0.4, 0.5) is 0 Å². The Morgan fingerprint density at radius 1 is 0.950 bits per heavy atom. The Morgan fingerprint density at radius 3 is 2.20 bits per heavy atom. The first kappa shape index (κ1) is 14.4. The third-order valence-corrected chi connectivity index (χ3v) is 3.76. The molecule has 0 aliphatic rings. The number of benzene rings is 2. The van der Waals surface area contributed by atoms with Crippen molar-refractivity contribution in [3.05, 3.63) is 69.2 Å². The number of rotatable bonds is 3. The van der Waals surface area contributed by atoms with Crippen LogP contribution in [0.1, 0.15) is 22.6 Å². The van der Waals surface area contributed by atoms with Crippen LogP contribution in [-0.2, 0) is 6.42 Å². The van der Waals surface area contributed by atoms with Crippen molar-refractivity contribution in [2.45, 2.75) is 12.3 Å². The summed E-state index contributed by atoms with van der Waals surface area (Å²) in [6, 6.07) is 16.8. The van der Waals surface area contributed by atoms with Gasteiger partial charge in [-0.25, -0.2) is 0 Å². The quantitative estimate of drug-likeness (QED) is 0.824. The van der Waals surface area contributed by atoms with Gasteiger partial charge in [0.2, 0.25) is 0 Å². The molecule has 0 saturated carbocycles. The Kier molecular flexibility index (Phi) is 4.64. The highest BCUT2D eigenvalue weighted by Crippen LogP contribution is 2.28. The summed E-state index contributed by atoms with van der Waals surface area (Å²) in [7, 11) is 0. The minimum atomic E-state index is -0.294. The van der Waals surface area contributed by atoms with Crippen molar-refractivity contribution < 1.29 is 0 Å². The topological polar surface area (TPSA) is 47.6 Å². The maximum Gasteiger partial charge on any atom is 0.0991 e. The van der Waals surface area contributed by atoms with Crippen molar-refractivity contribution in [3.63, 3.8) is 0 Å². The Bertz CT molecular complexity index is 694. The summed E-state index contributed by atoms with van der Waals surface area (Å²) >= 11 is 11.9. The molecule has 1 unspecified atom stereocenters. The van der Waals surface area contributed by atoms with Crippen LogP contribution in [0.3, 0.4) is 0 Å². The lowest BCUT2D eigenvalue weighted by atomic mass is 9.93. The number of nitrogens with zero attached hydrogens (tertiary/aromatic N) is 2. The van der Waals surface area contributed by atoms with Gasteiger partial charge in [-0.3, -0.25) is 0 Å². The molecule has 0 radical (unpaired) electrons. The summed E-state index contributed by atoms with van der Waals surface area (Å²) in [4.78, 5) is 0. The smallest absolute Gasteiger partial charge is 0.0991 e. The van der Waals surface area contributed by atoms with Gasteiger partial charge in [-0.15, -0.1) is 0 Å². The molecule has 0 saturated heterocycles. The highest BCUT2D eigenvalue weighted by Gasteiger charge is 2.13. The first-order valence-corrected chi connectivity index (χ1v) is 6.73. The maximum absolute atomic E-state index is 9.32. The molecule has 2 aromatic rings. The van der Waals surface area contributed by atoms with Gasteiger partial charge in [0.25, 0.3) is 0 Å².